The summed E-state index contributed by atoms with van der Waals surface area (Å²) in [6, 6.07) is -7.68. The van der Waals surface area contributed by atoms with Crippen molar-refractivity contribution in [3.63, 3.8) is 0 Å². The molecule has 0 bridgehead atoms. The number of benzene rings is 1. The van der Waals surface area contributed by atoms with Crippen LogP contribution in [0, 0.1) is 0 Å². The van der Waals surface area contributed by atoms with Gasteiger partial charge in [0.05, 0.1) is 25.5 Å². The summed E-state index contributed by atoms with van der Waals surface area (Å²) >= 11 is 12.1. The van der Waals surface area contributed by atoms with Crippen molar-refractivity contribution in [3.8, 4) is 5.75 Å². The number of aliphatic hydroxyl groups excluding tert-OH is 1. The molecule has 0 saturated carbocycles. The van der Waals surface area contributed by atoms with Gasteiger partial charge in [-0.15, -0.1) is 0 Å². The molecule has 25 nitrogen and oxygen atoms in total. The summed E-state index contributed by atoms with van der Waals surface area (Å²) in [5.74, 6) is -10.7. The normalized spacial score (nSPS) is 14.7. The SMILES string of the molecule is CSCC[C@H](NC(=O)[C@H](CCSC)NC(=O)[C@H](CC(N)=O)NC(=O)[C@H](CCSC)NC(=O)[C@H](CS)NC(=O)[C@H](Cc1ccc(O)cc1)NC(=O)[C@H](CO)NC(=O)[C@@H](N)CC(N)=O)C(=O)N[C@@H](CS)C(=O)O. The zero-order chi connectivity index (χ0) is 53.8. The molecule has 0 radical (unpaired) electrons. The third-order valence-corrected chi connectivity index (χ3v) is 12.6. The Labute approximate surface area is 433 Å². The van der Waals surface area contributed by atoms with Gasteiger partial charge in [0, 0.05) is 17.9 Å². The molecule has 0 aliphatic rings. The first-order valence-corrected chi connectivity index (χ1v) is 27.1. The lowest BCUT2D eigenvalue weighted by Gasteiger charge is -2.27. The Morgan fingerprint density at radius 1 is 0.507 bits per heavy atom. The van der Waals surface area contributed by atoms with Crippen molar-refractivity contribution in [1.29, 1.82) is 0 Å². The van der Waals surface area contributed by atoms with Gasteiger partial charge in [-0.1, -0.05) is 12.1 Å². The van der Waals surface area contributed by atoms with E-state index < -0.39 is 139 Å². The van der Waals surface area contributed by atoms with E-state index in [9.17, 15) is 68.1 Å². The quantitative estimate of drug-likeness (QED) is 0.0283. The first-order chi connectivity index (χ1) is 33.5. The van der Waals surface area contributed by atoms with Crippen LogP contribution in [0.4, 0.5) is 0 Å². The number of primary amides is 2. The van der Waals surface area contributed by atoms with Crippen LogP contribution in [-0.2, 0) is 59.2 Å². The fraction of sp³-hybridized carbons (Fsp3) is 0.585. The third kappa shape index (κ3) is 24.2. The number of amides is 10. The van der Waals surface area contributed by atoms with Crippen LogP contribution >= 0.6 is 60.5 Å². The lowest BCUT2D eigenvalue weighted by Crippen LogP contribution is -2.61. The Morgan fingerprint density at radius 3 is 1.24 bits per heavy atom. The van der Waals surface area contributed by atoms with E-state index in [1.54, 1.807) is 18.8 Å². The van der Waals surface area contributed by atoms with Crippen molar-refractivity contribution in [2.75, 3.05) is 54.1 Å². The molecule has 0 aromatic heterocycles. The fourth-order valence-corrected chi connectivity index (χ4v) is 7.99. The second-order valence-electron chi connectivity index (χ2n) is 15.5. The number of aliphatic carboxylic acids is 1. The lowest BCUT2D eigenvalue weighted by atomic mass is 10.0. The third-order valence-electron chi connectivity index (χ3n) is 9.96. The summed E-state index contributed by atoms with van der Waals surface area (Å²) in [5, 5.41) is 48.5. The Bertz CT molecular complexity index is 1990. The number of hydrogen-bond donors (Lipinski definition) is 16. The summed E-state index contributed by atoms with van der Waals surface area (Å²) in [4.78, 5) is 143. The Balaban J connectivity index is 3.39. The highest BCUT2D eigenvalue weighted by Crippen LogP contribution is 2.13. The molecule has 30 heteroatoms. The fourth-order valence-electron chi connectivity index (χ4n) is 6.07. The van der Waals surface area contributed by atoms with Gasteiger partial charge < -0.3 is 75.1 Å². The van der Waals surface area contributed by atoms with Crippen LogP contribution in [0.1, 0.15) is 37.7 Å². The summed E-state index contributed by atoms with van der Waals surface area (Å²) in [5.41, 5.74) is 16.6. The zero-order valence-corrected chi connectivity index (χ0v) is 43.4. The molecule has 10 amide bonds. The summed E-state index contributed by atoms with van der Waals surface area (Å²) in [7, 11) is 0. The van der Waals surface area contributed by atoms with Gasteiger partial charge in [-0.25, -0.2) is 4.79 Å². The molecule has 1 aromatic carbocycles. The molecule has 71 heavy (non-hydrogen) atoms. The number of thioether (sulfide) groups is 3. The molecule has 0 fully saturated rings. The highest BCUT2D eigenvalue weighted by atomic mass is 32.2. The Kier molecular flexibility index (Phi) is 30.8. The summed E-state index contributed by atoms with van der Waals surface area (Å²) in [6.07, 6.45) is 3.65. The topological polar surface area (TPSA) is 423 Å². The molecule has 9 atom stereocenters. The summed E-state index contributed by atoms with van der Waals surface area (Å²) in [6.45, 7) is -0.973. The number of nitrogens with one attached hydrogen (secondary N) is 8. The number of carbonyl (C=O) groups is 11. The molecular weight excluding hydrogens is 1030 g/mol. The number of phenolic OH excluding ortho intramolecular Hbond substituents is 1. The number of carbonyl (C=O) groups excluding carboxylic acids is 10. The van der Waals surface area contributed by atoms with Crippen LogP contribution < -0.4 is 59.7 Å². The van der Waals surface area contributed by atoms with Crippen LogP contribution in [0.25, 0.3) is 0 Å². The largest absolute Gasteiger partial charge is 0.508 e. The lowest BCUT2D eigenvalue weighted by molar-refractivity contribution is -0.141. The van der Waals surface area contributed by atoms with Crippen molar-refractivity contribution in [1.82, 2.24) is 42.5 Å². The Hall–Kier alpha value is -5.14. The average molecular weight is 1100 g/mol. The zero-order valence-electron chi connectivity index (χ0n) is 39.2. The minimum absolute atomic E-state index is 0.00957. The van der Waals surface area contributed by atoms with E-state index in [2.05, 4.69) is 67.8 Å². The van der Waals surface area contributed by atoms with E-state index in [0.717, 1.165) is 0 Å². The molecule has 0 saturated heterocycles. The standard InChI is InChI=1S/C41H65N11O14S5/c1-69-11-8-23(34(58)45-25(10-13-71-3)36(60)52-30(19-68)41(65)66)46-38(62)27(16-32(44)56)49-35(59)24(9-12-70-2)47-40(64)29(18-67)51-37(61)26(14-20-4-6-21(54)7-5-20)48-39(63)28(17-53)50-33(57)22(42)15-31(43)55/h4-7,22-30,53-54,67-68H,8-19,42H2,1-3H3,(H2,43,55)(H2,44,56)(H,45,58)(H,46,62)(H,47,64)(H,48,63)(H,49,59)(H,50,57)(H,51,61)(H,52,60)(H,65,66)/t22-,23-,24-,25-,26-,27-,28-,29-,30-/m0/s1. The number of aromatic hydroxyl groups is 1. The molecule has 0 heterocycles. The van der Waals surface area contributed by atoms with Gasteiger partial charge in [-0.05, 0) is 73.0 Å². The van der Waals surface area contributed by atoms with E-state index in [0.29, 0.717) is 17.1 Å². The number of thiol groups is 2. The van der Waals surface area contributed by atoms with E-state index in [1.807, 2.05) is 0 Å². The number of hydrogen-bond acceptors (Lipinski definition) is 19. The highest BCUT2D eigenvalue weighted by Gasteiger charge is 2.35. The van der Waals surface area contributed by atoms with E-state index in [-0.39, 0.29) is 48.7 Å². The monoisotopic (exact) mass is 1100 g/mol. The summed E-state index contributed by atoms with van der Waals surface area (Å²) < 4.78 is 0. The number of carboxylic acids is 1. The van der Waals surface area contributed by atoms with Crippen molar-refractivity contribution in [2.45, 2.75) is 92.9 Å². The number of phenols is 1. The Morgan fingerprint density at radius 2 is 0.845 bits per heavy atom. The maximum atomic E-state index is 13.9. The molecule has 0 unspecified atom stereocenters. The number of aliphatic hydroxyl groups is 1. The number of nitrogens with two attached hydrogens (primary N) is 3. The molecule has 17 N–H and O–H groups in total. The second-order valence-corrected chi connectivity index (χ2v) is 19.2. The molecule has 0 aliphatic carbocycles. The first-order valence-electron chi connectivity index (χ1n) is 21.6. The number of rotatable bonds is 35. The van der Waals surface area contributed by atoms with Gasteiger partial charge in [-0.3, -0.25) is 47.9 Å². The van der Waals surface area contributed by atoms with Crippen LogP contribution in [0.2, 0.25) is 0 Å². The first kappa shape index (κ1) is 63.9. The molecule has 398 valence electrons. The predicted octanol–water partition coefficient (Wildman–Crippen LogP) is -4.91. The van der Waals surface area contributed by atoms with Gasteiger partial charge in [0.15, 0.2) is 0 Å². The van der Waals surface area contributed by atoms with Crippen molar-refractivity contribution in [3.05, 3.63) is 29.8 Å². The molecule has 1 aromatic rings. The minimum atomic E-state index is -1.70. The second kappa shape index (κ2) is 34.3. The maximum absolute atomic E-state index is 13.9. The number of carboxylic acid groups (broad SMARTS) is 1. The van der Waals surface area contributed by atoms with Gasteiger partial charge >= 0.3 is 5.97 Å². The van der Waals surface area contributed by atoms with Crippen LogP contribution in [0.15, 0.2) is 24.3 Å². The maximum Gasteiger partial charge on any atom is 0.327 e. The van der Waals surface area contributed by atoms with Crippen LogP contribution in [0.5, 0.6) is 5.75 Å². The van der Waals surface area contributed by atoms with E-state index in [1.165, 1.54) is 59.6 Å². The van der Waals surface area contributed by atoms with Crippen LogP contribution in [-0.4, -0.2) is 189 Å². The minimum Gasteiger partial charge on any atom is -0.508 e. The smallest absolute Gasteiger partial charge is 0.327 e. The molecule has 0 spiro atoms. The van der Waals surface area contributed by atoms with Gasteiger partial charge in [0.1, 0.15) is 54.1 Å². The van der Waals surface area contributed by atoms with Gasteiger partial charge in [0.2, 0.25) is 59.1 Å². The van der Waals surface area contributed by atoms with Gasteiger partial charge in [0.25, 0.3) is 0 Å². The molecule has 1 rings (SSSR count). The average Bonchev–Trinajstić information content (AvgIpc) is 3.31. The van der Waals surface area contributed by atoms with E-state index in [4.69, 9.17) is 17.2 Å². The van der Waals surface area contributed by atoms with Gasteiger partial charge in [-0.2, -0.15) is 60.5 Å². The van der Waals surface area contributed by atoms with Crippen molar-refractivity contribution >= 4 is 126 Å². The predicted molar refractivity (Wildman–Crippen MR) is 274 cm³/mol. The van der Waals surface area contributed by atoms with E-state index >= 15 is 0 Å². The van der Waals surface area contributed by atoms with Crippen molar-refractivity contribution < 1.29 is 68.1 Å². The molecular formula is C41H65N11O14S5. The van der Waals surface area contributed by atoms with Crippen LogP contribution in [0.3, 0.4) is 0 Å². The molecule has 0 aliphatic heterocycles. The van der Waals surface area contributed by atoms with Crippen molar-refractivity contribution in [2.24, 2.45) is 17.2 Å². The highest BCUT2D eigenvalue weighted by molar-refractivity contribution is 7.99.